The summed E-state index contributed by atoms with van der Waals surface area (Å²) in [5.41, 5.74) is 0. The van der Waals surface area contributed by atoms with Crippen LogP contribution in [0.25, 0.3) is 0 Å². The Kier molecular flexibility index (Phi) is 25.4. The van der Waals surface area contributed by atoms with Crippen molar-refractivity contribution in [3.8, 4) is 0 Å². The summed E-state index contributed by atoms with van der Waals surface area (Å²) in [6.07, 6.45) is 18.3. The van der Waals surface area contributed by atoms with Gasteiger partial charge in [0.25, 0.3) is 0 Å². The van der Waals surface area contributed by atoms with Gasteiger partial charge in [-0.05, 0) is 38.5 Å². The van der Waals surface area contributed by atoms with Gasteiger partial charge in [-0.1, -0.05) is 70.4 Å². The fourth-order valence-corrected chi connectivity index (χ4v) is 5.17. The first-order valence-electron chi connectivity index (χ1n) is 16.4. The summed E-state index contributed by atoms with van der Waals surface area (Å²) in [7, 11) is 0. The van der Waals surface area contributed by atoms with Crippen molar-refractivity contribution in [1.82, 2.24) is 0 Å². The molecule has 1 heterocycles. The van der Waals surface area contributed by atoms with Crippen molar-refractivity contribution in [2.24, 2.45) is 5.92 Å². The van der Waals surface area contributed by atoms with Crippen LogP contribution in [0.15, 0.2) is 12.2 Å². The van der Waals surface area contributed by atoms with Crippen LogP contribution in [0.4, 0.5) is 0 Å². The van der Waals surface area contributed by atoms with E-state index in [0.717, 1.165) is 32.1 Å². The fraction of sp³-hybridized carbons (Fsp3) is 0.906. The van der Waals surface area contributed by atoms with Gasteiger partial charge >= 0.3 is 5.97 Å². The maximum absolute atomic E-state index is 11.8. The lowest BCUT2D eigenvalue weighted by molar-refractivity contribution is -0.183. The first-order valence-corrected chi connectivity index (χ1v) is 16.4. The average Bonchev–Trinajstić information content (AvgIpc) is 3.40. The highest BCUT2D eigenvalue weighted by atomic mass is 16.7. The van der Waals surface area contributed by atoms with Gasteiger partial charge in [0.1, 0.15) is 12.2 Å². The van der Waals surface area contributed by atoms with E-state index in [0.29, 0.717) is 19.3 Å². The molecule has 1 fully saturated rings. The Bertz CT molecular complexity index is 647. The largest absolute Gasteiger partial charge is 0.481 e. The zero-order valence-corrected chi connectivity index (χ0v) is 26.0. The number of carboxylic acids is 1. The summed E-state index contributed by atoms with van der Waals surface area (Å²) in [6, 6.07) is 0. The molecule has 0 radical (unpaired) electrons. The highest BCUT2D eigenvalue weighted by Gasteiger charge is 2.42. The van der Waals surface area contributed by atoms with Gasteiger partial charge in [-0.2, -0.15) is 0 Å². The third-order valence-electron chi connectivity index (χ3n) is 7.51. The summed E-state index contributed by atoms with van der Waals surface area (Å²) in [6.45, 7) is 2.51. The van der Waals surface area contributed by atoms with Gasteiger partial charge in [0.05, 0.1) is 58.3 Å². The Morgan fingerprint density at radius 3 is 2.07 bits per heavy atom. The molecule has 1 rings (SSSR count). The number of hydrogen-bond acceptors (Lipinski definition) is 9. The molecule has 0 aliphatic carbocycles. The normalized spacial score (nSPS) is 20.4. The predicted molar refractivity (Wildman–Crippen MR) is 161 cm³/mol. The predicted octanol–water partition coefficient (Wildman–Crippen LogP) is 4.62. The Hall–Kier alpha value is -1.11. The number of rotatable bonds is 30. The molecule has 4 N–H and O–H groups in total. The van der Waals surface area contributed by atoms with Gasteiger partial charge in [-0.3, -0.25) is 4.79 Å². The summed E-state index contributed by atoms with van der Waals surface area (Å²) in [4.78, 5) is 11.8. The van der Waals surface area contributed by atoms with Crippen molar-refractivity contribution in [3.05, 3.63) is 12.2 Å². The van der Waals surface area contributed by atoms with Crippen molar-refractivity contribution >= 4 is 5.97 Å². The second-order valence-electron chi connectivity index (χ2n) is 11.0. The molecule has 0 amide bonds. The lowest BCUT2D eigenvalue weighted by atomic mass is 9.97. The van der Waals surface area contributed by atoms with Crippen LogP contribution in [-0.2, 0) is 28.5 Å². The molecule has 0 aromatic heterocycles. The molecule has 1 aliphatic rings. The van der Waals surface area contributed by atoms with Crippen LogP contribution in [0.5, 0.6) is 0 Å². The van der Waals surface area contributed by atoms with E-state index in [-0.39, 0.29) is 52.9 Å². The number of aliphatic hydroxyl groups is 3. The third kappa shape index (κ3) is 19.2. The standard InChI is InChI=1S/C32H60O10/c1-2-3-4-5-6-7-8-9-10-11-12-13-14-15-16-27(32(36)37)17-21-38-26-29(40-23-19-34)31-28(39-22-18-33)25-30(42-31)41-24-20-35/h9-10,27-31,33-35H,2-8,11-26H2,1H3,(H,36,37)/b10-9+. The van der Waals surface area contributed by atoms with Crippen molar-refractivity contribution in [3.63, 3.8) is 0 Å². The molecular formula is C32H60O10. The van der Waals surface area contributed by atoms with Gasteiger partial charge in [0.15, 0.2) is 6.29 Å². The van der Waals surface area contributed by atoms with Crippen LogP contribution < -0.4 is 0 Å². The number of carbonyl (C=O) groups is 1. The van der Waals surface area contributed by atoms with Crippen LogP contribution in [0, 0.1) is 5.92 Å². The average molecular weight is 605 g/mol. The van der Waals surface area contributed by atoms with Crippen LogP contribution in [0.2, 0.25) is 0 Å². The Morgan fingerprint density at radius 2 is 1.43 bits per heavy atom. The number of allylic oxidation sites excluding steroid dienone is 2. The monoisotopic (exact) mass is 604 g/mol. The van der Waals surface area contributed by atoms with Gasteiger partial charge in [0.2, 0.25) is 0 Å². The number of aliphatic hydroxyl groups excluding tert-OH is 3. The topological polar surface area (TPSA) is 144 Å². The molecule has 10 heteroatoms. The highest BCUT2D eigenvalue weighted by Crippen LogP contribution is 2.28. The van der Waals surface area contributed by atoms with Crippen molar-refractivity contribution in [1.29, 1.82) is 0 Å². The van der Waals surface area contributed by atoms with Crippen LogP contribution in [0.3, 0.4) is 0 Å². The minimum absolute atomic E-state index is 0.0788. The van der Waals surface area contributed by atoms with Crippen LogP contribution in [0.1, 0.15) is 103 Å². The second kappa shape index (κ2) is 27.4. The minimum Gasteiger partial charge on any atom is -0.481 e. The molecule has 0 aromatic rings. The molecule has 5 unspecified atom stereocenters. The van der Waals surface area contributed by atoms with E-state index in [9.17, 15) is 20.1 Å². The van der Waals surface area contributed by atoms with E-state index in [2.05, 4.69) is 19.1 Å². The van der Waals surface area contributed by atoms with E-state index in [4.69, 9.17) is 28.8 Å². The Balaban J connectivity index is 2.32. The van der Waals surface area contributed by atoms with Crippen LogP contribution >= 0.6 is 0 Å². The molecule has 248 valence electrons. The van der Waals surface area contributed by atoms with E-state index in [1.54, 1.807) is 0 Å². The van der Waals surface area contributed by atoms with Crippen molar-refractivity contribution in [2.45, 2.75) is 128 Å². The quantitative estimate of drug-likeness (QED) is 0.0677. The molecular weight excluding hydrogens is 544 g/mol. The van der Waals surface area contributed by atoms with Gasteiger partial charge in [-0.25, -0.2) is 0 Å². The van der Waals surface area contributed by atoms with E-state index in [1.165, 1.54) is 44.9 Å². The van der Waals surface area contributed by atoms with Crippen molar-refractivity contribution < 1.29 is 48.9 Å². The molecule has 0 aromatic carbocycles. The smallest absolute Gasteiger partial charge is 0.306 e. The fourth-order valence-electron chi connectivity index (χ4n) is 5.17. The van der Waals surface area contributed by atoms with Crippen LogP contribution in [-0.4, -0.2) is 104 Å². The molecule has 1 aliphatic heterocycles. The Morgan fingerprint density at radius 1 is 0.810 bits per heavy atom. The molecule has 5 atom stereocenters. The Labute approximate surface area is 253 Å². The lowest BCUT2D eigenvalue weighted by Crippen LogP contribution is -2.42. The molecule has 0 saturated carbocycles. The number of hydrogen-bond donors (Lipinski definition) is 4. The first-order chi connectivity index (χ1) is 20.6. The zero-order valence-electron chi connectivity index (χ0n) is 26.0. The van der Waals surface area contributed by atoms with Crippen molar-refractivity contribution in [2.75, 3.05) is 52.9 Å². The molecule has 0 spiro atoms. The number of unbranched alkanes of at least 4 members (excludes halogenated alkanes) is 10. The molecule has 1 saturated heterocycles. The van der Waals surface area contributed by atoms with Gasteiger partial charge in [-0.15, -0.1) is 0 Å². The minimum atomic E-state index is -0.801. The van der Waals surface area contributed by atoms with Gasteiger partial charge in [0, 0.05) is 13.0 Å². The zero-order chi connectivity index (χ0) is 30.7. The maximum atomic E-state index is 11.8. The molecule has 0 bridgehead atoms. The van der Waals surface area contributed by atoms with Gasteiger partial charge < -0.3 is 44.1 Å². The lowest BCUT2D eigenvalue weighted by Gasteiger charge is -2.27. The summed E-state index contributed by atoms with van der Waals surface area (Å²) in [5.74, 6) is -1.26. The number of ether oxygens (including phenoxy) is 5. The summed E-state index contributed by atoms with van der Waals surface area (Å²) < 4.78 is 28.8. The SMILES string of the molecule is CCCCCCCC/C=C/CCCCCCC(CCOCC(OCCO)C1OC(OCCO)CC1OCCO)C(=O)O. The summed E-state index contributed by atoms with van der Waals surface area (Å²) in [5, 5.41) is 37.2. The second-order valence-corrected chi connectivity index (χ2v) is 11.0. The summed E-state index contributed by atoms with van der Waals surface area (Å²) >= 11 is 0. The highest BCUT2D eigenvalue weighted by molar-refractivity contribution is 5.69. The maximum Gasteiger partial charge on any atom is 0.306 e. The molecule has 42 heavy (non-hydrogen) atoms. The van der Waals surface area contributed by atoms with E-state index in [1.807, 2.05) is 0 Å². The molecule has 10 nitrogen and oxygen atoms in total. The third-order valence-corrected chi connectivity index (χ3v) is 7.51. The number of aliphatic carboxylic acids is 1. The number of carboxylic acid groups (broad SMARTS) is 1. The van der Waals surface area contributed by atoms with E-state index >= 15 is 0 Å². The van der Waals surface area contributed by atoms with E-state index < -0.39 is 36.5 Å². The first kappa shape index (κ1) is 38.9.